The summed E-state index contributed by atoms with van der Waals surface area (Å²) in [7, 11) is 0. The van der Waals surface area contributed by atoms with Crippen LogP contribution in [0.25, 0.3) is 0 Å². The first-order valence-corrected chi connectivity index (χ1v) is 8.39. The van der Waals surface area contributed by atoms with Crippen LogP contribution in [0.15, 0.2) is 48.5 Å². The molecule has 2 aromatic rings. The zero-order chi connectivity index (χ0) is 16.8. The van der Waals surface area contributed by atoms with Crippen LogP contribution in [-0.4, -0.2) is 25.0 Å². The second-order valence-electron chi connectivity index (χ2n) is 5.03. The smallest absolute Gasteiger partial charge is 0.339 e. The van der Waals surface area contributed by atoms with Gasteiger partial charge in [-0.05, 0) is 66.3 Å². The van der Waals surface area contributed by atoms with Crippen LogP contribution in [0, 0.1) is 10.5 Å². The number of amides is 1. The van der Waals surface area contributed by atoms with E-state index in [1.165, 1.54) is 0 Å². The third kappa shape index (κ3) is 4.54. The minimum atomic E-state index is -0.483. The van der Waals surface area contributed by atoms with Crippen molar-refractivity contribution >= 4 is 40.2 Å². The van der Waals surface area contributed by atoms with Gasteiger partial charge in [-0.1, -0.05) is 24.3 Å². The number of likely N-dealkylation sites (N-methyl/N-ethyl adjacent to an activating group) is 1. The van der Waals surface area contributed by atoms with Crippen molar-refractivity contribution in [2.24, 2.45) is 0 Å². The lowest BCUT2D eigenvalue weighted by atomic mass is 10.2. The molecule has 2 aromatic carbocycles. The van der Waals surface area contributed by atoms with Crippen LogP contribution in [0.2, 0.25) is 0 Å². The summed E-state index contributed by atoms with van der Waals surface area (Å²) in [5.74, 6) is -0.721. The van der Waals surface area contributed by atoms with Crippen molar-refractivity contribution in [3.63, 3.8) is 0 Å². The predicted octanol–water partition coefficient (Wildman–Crippen LogP) is 3.81. The van der Waals surface area contributed by atoms with Crippen molar-refractivity contribution in [1.82, 2.24) is 0 Å². The Kier molecular flexibility index (Phi) is 6.15. The van der Waals surface area contributed by atoms with E-state index in [9.17, 15) is 9.59 Å². The van der Waals surface area contributed by atoms with Crippen molar-refractivity contribution in [1.29, 1.82) is 0 Å². The second-order valence-corrected chi connectivity index (χ2v) is 6.20. The third-order valence-corrected chi connectivity index (χ3v) is 4.29. The molecule has 0 radical (unpaired) electrons. The van der Waals surface area contributed by atoms with E-state index in [1.54, 1.807) is 17.0 Å². The number of ether oxygens (including phenoxy) is 1. The lowest BCUT2D eigenvalue weighted by molar-refractivity contribution is -0.121. The lowest BCUT2D eigenvalue weighted by Gasteiger charge is -2.21. The SMILES string of the molecule is CCN(C(=O)COC(=O)c1ccccc1I)c1cccc(C)c1. The molecule has 0 saturated carbocycles. The zero-order valence-corrected chi connectivity index (χ0v) is 15.2. The molecule has 0 aliphatic heterocycles. The van der Waals surface area contributed by atoms with Crippen molar-refractivity contribution in [3.05, 3.63) is 63.2 Å². The number of carbonyl (C=O) groups is 2. The van der Waals surface area contributed by atoms with Crippen molar-refractivity contribution in [2.75, 3.05) is 18.1 Å². The van der Waals surface area contributed by atoms with E-state index >= 15 is 0 Å². The van der Waals surface area contributed by atoms with Crippen LogP contribution < -0.4 is 4.90 Å². The van der Waals surface area contributed by atoms with Crippen molar-refractivity contribution in [2.45, 2.75) is 13.8 Å². The van der Waals surface area contributed by atoms with Gasteiger partial charge in [0.05, 0.1) is 5.56 Å². The molecule has 2 rings (SSSR count). The molecule has 5 heteroatoms. The van der Waals surface area contributed by atoms with Gasteiger partial charge in [0.15, 0.2) is 6.61 Å². The van der Waals surface area contributed by atoms with Crippen LogP contribution in [0.5, 0.6) is 0 Å². The molecule has 0 bridgehead atoms. The molecule has 0 N–H and O–H groups in total. The number of anilines is 1. The van der Waals surface area contributed by atoms with E-state index in [-0.39, 0.29) is 12.5 Å². The lowest BCUT2D eigenvalue weighted by Crippen LogP contribution is -2.34. The Morgan fingerprint density at radius 2 is 1.87 bits per heavy atom. The maximum Gasteiger partial charge on any atom is 0.339 e. The summed E-state index contributed by atoms with van der Waals surface area (Å²) in [6.07, 6.45) is 0. The maximum atomic E-state index is 12.4. The van der Waals surface area contributed by atoms with E-state index in [0.29, 0.717) is 12.1 Å². The molecule has 0 aromatic heterocycles. The highest BCUT2D eigenvalue weighted by atomic mass is 127. The Morgan fingerprint density at radius 3 is 2.52 bits per heavy atom. The quantitative estimate of drug-likeness (QED) is 0.543. The van der Waals surface area contributed by atoms with Crippen LogP contribution in [-0.2, 0) is 9.53 Å². The normalized spacial score (nSPS) is 10.2. The molecular weight excluding hydrogens is 405 g/mol. The molecule has 0 unspecified atom stereocenters. The Labute approximate surface area is 149 Å². The van der Waals surface area contributed by atoms with Gasteiger partial charge in [-0.25, -0.2) is 4.79 Å². The molecule has 0 aliphatic carbocycles. The van der Waals surface area contributed by atoms with Crippen molar-refractivity contribution < 1.29 is 14.3 Å². The number of nitrogens with zero attached hydrogens (tertiary/aromatic N) is 1. The summed E-state index contributed by atoms with van der Waals surface area (Å²) in [5, 5.41) is 0. The maximum absolute atomic E-state index is 12.4. The summed E-state index contributed by atoms with van der Waals surface area (Å²) < 4.78 is 5.97. The molecule has 0 saturated heterocycles. The monoisotopic (exact) mass is 423 g/mol. The standard InChI is InChI=1S/C18H18INO3/c1-3-20(14-8-6-7-13(2)11-14)17(21)12-23-18(22)15-9-4-5-10-16(15)19/h4-11H,3,12H2,1-2H3. The van der Waals surface area contributed by atoms with Crippen LogP contribution in [0.1, 0.15) is 22.8 Å². The third-order valence-electron chi connectivity index (χ3n) is 3.35. The summed E-state index contributed by atoms with van der Waals surface area (Å²) in [6, 6.07) is 14.8. The van der Waals surface area contributed by atoms with Crippen LogP contribution in [0.3, 0.4) is 0 Å². The van der Waals surface area contributed by atoms with Crippen LogP contribution >= 0.6 is 22.6 Å². The minimum Gasteiger partial charge on any atom is -0.452 e. The van der Waals surface area contributed by atoms with Gasteiger partial charge in [-0.15, -0.1) is 0 Å². The number of rotatable bonds is 5. The van der Waals surface area contributed by atoms with E-state index in [2.05, 4.69) is 22.6 Å². The molecule has 1 amide bonds. The Balaban J connectivity index is 2.03. The van der Waals surface area contributed by atoms with Gasteiger partial charge >= 0.3 is 5.97 Å². The Bertz CT molecular complexity index is 715. The minimum absolute atomic E-state index is 0.239. The molecule has 0 aliphatic rings. The molecule has 0 atom stereocenters. The number of carbonyl (C=O) groups excluding carboxylic acids is 2. The average molecular weight is 423 g/mol. The van der Waals surface area contributed by atoms with E-state index in [4.69, 9.17) is 4.74 Å². The first-order chi connectivity index (χ1) is 11.0. The fourth-order valence-corrected chi connectivity index (χ4v) is 2.82. The average Bonchev–Trinajstić information content (AvgIpc) is 2.54. The molecule has 23 heavy (non-hydrogen) atoms. The molecular formula is C18H18INO3. The van der Waals surface area contributed by atoms with Gasteiger partial charge in [0, 0.05) is 15.8 Å². The van der Waals surface area contributed by atoms with Crippen molar-refractivity contribution in [3.8, 4) is 0 Å². The summed E-state index contributed by atoms with van der Waals surface area (Å²) in [5.41, 5.74) is 2.35. The van der Waals surface area contributed by atoms with Gasteiger partial charge < -0.3 is 9.64 Å². The second kappa shape index (κ2) is 8.10. The topological polar surface area (TPSA) is 46.6 Å². The van der Waals surface area contributed by atoms with Gasteiger partial charge in [-0.3, -0.25) is 4.79 Å². The highest BCUT2D eigenvalue weighted by Crippen LogP contribution is 2.17. The highest BCUT2D eigenvalue weighted by Gasteiger charge is 2.17. The fraction of sp³-hybridized carbons (Fsp3) is 0.222. The van der Waals surface area contributed by atoms with Gasteiger partial charge in [0.2, 0.25) is 0 Å². The number of halogens is 1. The molecule has 0 heterocycles. The van der Waals surface area contributed by atoms with Gasteiger partial charge in [-0.2, -0.15) is 0 Å². The van der Waals surface area contributed by atoms with Gasteiger partial charge in [0.1, 0.15) is 0 Å². The fourth-order valence-electron chi connectivity index (χ4n) is 2.21. The van der Waals surface area contributed by atoms with E-state index < -0.39 is 5.97 Å². The Morgan fingerprint density at radius 1 is 1.13 bits per heavy atom. The first kappa shape index (κ1) is 17.5. The van der Waals surface area contributed by atoms with E-state index in [1.807, 2.05) is 50.2 Å². The Hall–Kier alpha value is -1.89. The predicted molar refractivity (Wildman–Crippen MR) is 98.6 cm³/mol. The summed E-state index contributed by atoms with van der Waals surface area (Å²) in [6.45, 7) is 4.11. The molecule has 120 valence electrons. The van der Waals surface area contributed by atoms with E-state index in [0.717, 1.165) is 14.8 Å². The molecule has 4 nitrogen and oxygen atoms in total. The summed E-state index contributed by atoms with van der Waals surface area (Å²) in [4.78, 5) is 26.0. The molecule has 0 spiro atoms. The van der Waals surface area contributed by atoms with Gasteiger partial charge in [0.25, 0.3) is 5.91 Å². The number of aryl methyl sites for hydroxylation is 1. The number of hydrogen-bond donors (Lipinski definition) is 0. The zero-order valence-electron chi connectivity index (χ0n) is 13.1. The largest absolute Gasteiger partial charge is 0.452 e. The summed E-state index contributed by atoms with van der Waals surface area (Å²) >= 11 is 2.07. The first-order valence-electron chi connectivity index (χ1n) is 7.31. The van der Waals surface area contributed by atoms with Crippen LogP contribution in [0.4, 0.5) is 5.69 Å². The highest BCUT2D eigenvalue weighted by molar-refractivity contribution is 14.1. The molecule has 0 fully saturated rings. The number of esters is 1. The number of hydrogen-bond acceptors (Lipinski definition) is 3. The number of benzene rings is 2.